The molecule has 0 rings (SSSR count). The molecule has 0 spiro atoms. The Morgan fingerprint density at radius 1 is 0.500 bits per heavy atom. The molecule has 18 heavy (non-hydrogen) atoms. The largest absolute Gasteiger partial charge is 0.527 e. The first kappa shape index (κ1) is 16.8. The van der Waals surface area contributed by atoms with E-state index in [0.717, 1.165) is 0 Å². The van der Waals surface area contributed by atoms with Crippen molar-refractivity contribution >= 4 is 0 Å². The first-order valence-electron chi connectivity index (χ1n) is 3.46. The Kier molecular flexibility index (Phi) is 4.48. The standard InChI is InChI=1S/C6F10O2/c7-3(8,17-5(11,12)13)1-2-4(9,10)18-6(14,15)16. The van der Waals surface area contributed by atoms with Crippen molar-refractivity contribution in [3.63, 3.8) is 0 Å². The van der Waals surface area contributed by atoms with Gasteiger partial charge in [-0.05, 0) is 0 Å². The number of rotatable bonds is 2. The van der Waals surface area contributed by atoms with Crippen molar-refractivity contribution in [3.05, 3.63) is 0 Å². The smallest absolute Gasteiger partial charge is 0.215 e. The summed E-state index contributed by atoms with van der Waals surface area (Å²) in [5.41, 5.74) is 0. The van der Waals surface area contributed by atoms with Crippen LogP contribution in [0.5, 0.6) is 0 Å². The van der Waals surface area contributed by atoms with Gasteiger partial charge in [0.15, 0.2) is 0 Å². The molecule has 0 amide bonds. The second-order valence-corrected chi connectivity index (χ2v) is 2.38. The van der Waals surface area contributed by atoms with Gasteiger partial charge in [0.25, 0.3) is 0 Å². The van der Waals surface area contributed by atoms with Crippen molar-refractivity contribution < 1.29 is 53.4 Å². The molecule has 0 aliphatic heterocycles. The number of alkyl halides is 10. The summed E-state index contributed by atoms with van der Waals surface area (Å²) in [6.07, 6.45) is -22.7. The summed E-state index contributed by atoms with van der Waals surface area (Å²) < 4.78 is 120. The fourth-order valence-corrected chi connectivity index (χ4v) is 0.487. The van der Waals surface area contributed by atoms with E-state index in [4.69, 9.17) is 0 Å². The maximum absolute atomic E-state index is 12.1. The highest BCUT2D eigenvalue weighted by atomic mass is 19.4. The molecule has 0 aliphatic rings. The molecule has 0 saturated carbocycles. The van der Waals surface area contributed by atoms with Gasteiger partial charge in [-0.3, -0.25) is 0 Å². The van der Waals surface area contributed by atoms with E-state index in [1.807, 2.05) is 9.47 Å². The van der Waals surface area contributed by atoms with Crippen LogP contribution in [0, 0.1) is 11.8 Å². The molecule has 2 nitrogen and oxygen atoms in total. The molecule has 0 fully saturated rings. The molecule has 0 unspecified atom stereocenters. The average Bonchev–Trinajstić information content (AvgIpc) is 1.91. The van der Waals surface area contributed by atoms with E-state index in [1.165, 1.54) is 0 Å². The lowest BCUT2D eigenvalue weighted by molar-refractivity contribution is -0.411. The predicted molar refractivity (Wildman–Crippen MR) is 32.0 cm³/mol. The van der Waals surface area contributed by atoms with Crippen molar-refractivity contribution in [2.75, 3.05) is 0 Å². The summed E-state index contributed by atoms with van der Waals surface area (Å²) in [5, 5.41) is 0. The third-order valence-electron chi connectivity index (χ3n) is 0.841. The van der Waals surface area contributed by atoms with Crippen molar-refractivity contribution in [2.24, 2.45) is 0 Å². The monoisotopic (exact) mass is 294 g/mol. The zero-order valence-corrected chi connectivity index (χ0v) is 7.60. The molecular weight excluding hydrogens is 294 g/mol. The van der Waals surface area contributed by atoms with Crippen LogP contribution in [0.4, 0.5) is 43.9 Å². The Labute approximate surface area is 91.4 Å². The summed E-state index contributed by atoms with van der Waals surface area (Å²) in [7, 11) is 0. The van der Waals surface area contributed by atoms with E-state index in [2.05, 4.69) is 0 Å². The first-order chi connectivity index (χ1) is 7.62. The average molecular weight is 294 g/mol. The van der Waals surface area contributed by atoms with E-state index < -0.39 is 24.9 Å². The normalized spacial score (nSPS) is 14.1. The van der Waals surface area contributed by atoms with Crippen LogP contribution in [-0.2, 0) is 9.47 Å². The highest BCUT2D eigenvalue weighted by Gasteiger charge is 2.47. The van der Waals surface area contributed by atoms with Gasteiger partial charge in [-0.15, -0.1) is 26.3 Å². The lowest BCUT2D eigenvalue weighted by Crippen LogP contribution is -2.31. The molecule has 0 N–H and O–H groups in total. The Morgan fingerprint density at radius 3 is 0.889 bits per heavy atom. The van der Waals surface area contributed by atoms with Gasteiger partial charge in [0.05, 0.1) is 0 Å². The van der Waals surface area contributed by atoms with E-state index >= 15 is 0 Å². The molecular formula is C6F10O2. The van der Waals surface area contributed by atoms with Crippen LogP contribution in [-0.4, -0.2) is 24.9 Å². The van der Waals surface area contributed by atoms with E-state index in [9.17, 15) is 43.9 Å². The minimum Gasteiger partial charge on any atom is -0.215 e. The zero-order valence-electron chi connectivity index (χ0n) is 7.60. The predicted octanol–water partition coefficient (Wildman–Crippen LogP) is 3.25. The minimum atomic E-state index is -5.92. The van der Waals surface area contributed by atoms with E-state index in [1.54, 1.807) is 0 Å². The molecule has 12 heteroatoms. The van der Waals surface area contributed by atoms with Crippen LogP contribution in [0.1, 0.15) is 0 Å². The quantitative estimate of drug-likeness (QED) is 0.575. The minimum absolute atomic E-state index is 0.122. The number of halogens is 10. The van der Waals surface area contributed by atoms with Crippen LogP contribution in [0.15, 0.2) is 0 Å². The lowest BCUT2D eigenvalue weighted by Gasteiger charge is -2.14. The molecule has 0 atom stereocenters. The molecule has 0 aliphatic carbocycles. The highest BCUT2D eigenvalue weighted by Crippen LogP contribution is 2.30. The van der Waals surface area contributed by atoms with Gasteiger partial charge in [-0.25, -0.2) is 9.47 Å². The number of hydrogen-bond acceptors (Lipinski definition) is 2. The number of hydrogen-bond donors (Lipinski definition) is 0. The van der Waals surface area contributed by atoms with Gasteiger partial charge in [0, 0.05) is 11.8 Å². The van der Waals surface area contributed by atoms with Gasteiger partial charge in [-0.2, -0.15) is 17.6 Å². The third kappa shape index (κ3) is 8.88. The Bertz CT molecular complexity index is 310. The molecule has 0 aromatic carbocycles. The summed E-state index contributed by atoms with van der Waals surface area (Å²) in [4.78, 5) is 0. The lowest BCUT2D eigenvalue weighted by atomic mass is 10.5. The molecule has 0 bridgehead atoms. The van der Waals surface area contributed by atoms with Gasteiger partial charge >= 0.3 is 24.9 Å². The van der Waals surface area contributed by atoms with Crippen molar-refractivity contribution in [1.82, 2.24) is 0 Å². The van der Waals surface area contributed by atoms with Gasteiger partial charge < -0.3 is 0 Å². The second kappa shape index (κ2) is 4.81. The fraction of sp³-hybridized carbons (Fsp3) is 0.667. The second-order valence-electron chi connectivity index (χ2n) is 2.38. The van der Waals surface area contributed by atoms with Gasteiger partial charge in [0.1, 0.15) is 0 Å². The summed E-state index contributed by atoms with van der Waals surface area (Å²) in [5.74, 6) is -0.244. The summed E-state index contributed by atoms with van der Waals surface area (Å²) >= 11 is 0. The van der Waals surface area contributed by atoms with Crippen LogP contribution >= 0.6 is 0 Å². The van der Waals surface area contributed by atoms with Crippen molar-refractivity contribution in [1.29, 1.82) is 0 Å². The molecule has 0 aromatic rings. The Balaban J connectivity index is 4.84. The van der Waals surface area contributed by atoms with Gasteiger partial charge in [-0.1, -0.05) is 0 Å². The Hall–Kier alpha value is -1.22. The molecule has 0 aromatic heterocycles. The summed E-state index contributed by atoms with van der Waals surface area (Å²) in [6, 6.07) is 0. The molecule has 106 valence electrons. The van der Waals surface area contributed by atoms with Crippen LogP contribution in [0.3, 0.4) is 0 Å². The maximum Gasteiger partial charge on any atom is 0.527 e. The summed E-state index contributed by atoms with van der Waals surface area (Å²) in [6.45, 7) is 0. The molecule has 0 saturated heterocycles. The number of ether oxygens (including phenoxy) is 2. The van der Waals surface area contributed by atoms with Crippen LogP contribution in [0.25, 0.3) is 0 Å². The van der Waals surface area contributed by atoms with E-state index in [0.29, 0.717) is 0 Å². The van der Waals surface area contributed by atoms with Crippen molar-refractivity contribution in [2.45, 2.75) is 24.9 Å². The highest BCUT2D eigenvalue weighted by molar-refractivity contribution is 5.10. The Morgan fingerprint density at radius 2 is 0.722 bits per heavy atom. The zero-order chi connectivity index (χ0) is 14.8. The topological polar surface area (TPSA) is 18.5 Å². The van der Waals surface area contributed by atoms with E-state index in [-0.39, 0.29) is 11.8 Å². The van der Waals surface area contributed by atoms with Crippen LogP contribution in [0.2, 0.25) is 0 Å². The molecule has 0 heterocycles. The first-order valence-corrected chi connectivity index (χ1v) is 3.46. The maximum atomic E-state index is 12.1. The molecule has 0 radical (unpaired) electrons. The van der Waals surface area contributed by atoms with Crippen LogP contribution < -0.4 is 0 Å². The van der Waals surface area contributed by atoms with Gasteiger partial charge in [0.2, 0.25) is 0 Å². The third-order valence-corrected chi connectivity index (χ3v) is 0.841. The fourth-order valence-electron chi connectivity index (χ4n) is 0.487. The SMILES string of the molecule is FC(F)(F)OC(F)(F)C#CC(F)(F)OC(F)(F)F. The van der Waals surface area contributed by atoms with Crippen molar-refractivity contribution in [3.8, 4) is 11.8 Å².